The molecule has 2 heteroatoms. The first-order valence-corrected chi connectivity index (χ1v) is 7.76. The minimum Gasteiger partial charge on any atom is -0.249 e. The molecule has 1 heterocycles. The molecule has 0 bridgehead atoms. The van der Waals surface area contributed by atoms with Crippen LogP contribution >= 0.6 is 0 Å². The van der Waals surface area contributed by atoms with Crippen molar-refractivity contribution in [3.63, 3.8) is 0 Å². The highest BCUT2D eigenvalue weighted by Gasteiger charge is 2.20. The van der Waals surface area contributed by atoms with Gasteiger partial charge in [0.15, 0.2) is 0 Å². The molecule has 2 nitrogen and oxygen atoms in total. The van der Waals surface area contributed by atoms with Gasteiger partial charge in [0, 0.05) is 12.0 Å². The molecule has 1 aliphatic rings. The maximum Gasteiger partial charge on any atom is 0.0931 e. The fourth-order valence-corrected chi connectivity index (χ4v) is 2.46. The third-order valence-electron chi connectivity index (χ3n) is 3.27. The molecule has 0 unspecified atom stereocenters. The molecule has 0 atom stereocenters. The molecule has 4 rings (SSSR count). The lowest BCUT2D eigenvalue weighted by Gasteiger charge is -2.01. The smallest absolute Gasteiger partial charge is 0.0931 e. The van der Waals surface area contributed by atoms with Crippen LogP contribution in [0.15, 0.2) is 48.5 Å². The topological polar surface area (TPSA) is 25.8 Å². The molecule has 0 fully saturated rings. The minimum absolute atomic E-state index is 0.906. The Bertz CT molecular complexity index is 732. The average molecular weight is 278 g/mol. The number of fused-ring (bicyclic) bond motifs is 4. The Kier molecular flexibility index (Phi) is 5.04. The normalized spacial score (nSPS) is 10.7. The van der Waals surface area contributed by atoms with Crippen LogP contribution in [0.1, 0.15) is 39.0 Å². The van der Waals surface area contributed by atoms with E-state index < -0.39 is 0 Å². The lowest BCUT2D eigenvalue weighted by molar-refractivity contribution is 1.13. The van der Waals surface area contributed by atoms with E-state index in [0.717, 1.165) is 28.8 Å². The molecule has 1 aromatic heterocycles. The van der Waals surface area contributed by atoms with Gasteiger partial charge in [-0.15, -0.1) is 0 Å². The highest BCUT2D eigenvalue weighted by atomic mass is 14.8. The van der Waals surface area contributed by atoms with Crippen molar-refractivity contribution in [2.75, 3.05) is 0 Å². The van der Waals surface area contributed by atoms with Crippen molar-refractivity contribution in [3.8, 4) is 11.3 Å². The third-order valence-corrected chi connectivity index (χ3v) is 3.27. The highest BCUT2D eigenvalue weighted by molar-refractivity contribution is 5.81. The summed E-state index contributed by atoms with van der Waals surface area (Å²) in [5.41, 5.74) is 6.68. The molecule has 0 saturated carbocycles. The Morgan fingerprint density at radius 2 is 1.29 bits per heavy atom. The summed E-state index contributed by atoms with van der Waals surface area (Å²) in [6.45, 7) is 8.00. The summed E-state index contributed by atoms with van der Waals surface area (Å²) in [5, 5.41) is 0. The second-order valence-corrected chi connectivity index (χ2v) is 4.34. The van der Waals surface area contributed by atoms with Gasteiger partial charge in [-0.2, -0.15) is 0 Å². The number of hydrogen-bond acceptors (Lipinski definition) is 2. The van der Waals surface area contributed by atoms with Crippen molar-refractivity contribution in [1.29, 1.82) is 0 Å². The summed E-state index contributed by atoms with van der Waals surface area (Å²) in [4.78, 5) is 9.44. The number of hydrogen-bond donors (Lipinski definition) is 0. The van der Waals surface area contributed by atoms with E-state index in [2.05, 4.69) is 24.3 Å². The number of rotatable bonds is 0. The zero-order valence-corrected chi connectivity index (χ0v) is 13.2. The van der Waals surface area contributed by atoms with E-state index in [-0.39, 0.29) is 0 Å². The quantitative estimate of drug-likeness (QED) is 0.439. The standard InChI is InChI=1S/C15H10N2.2C2H6/c1-2-6-11-10(5-1)9-14-15(11)17-13-8-4-3-7-12(13)16-14;2*1-2/h1-8H,9H2;2*1-2H3. The highest BCUT2D eigenvalue weighted by Crippen LogP contribution is 2.34. The van der Waals surface area contributed by atoms with Crippen LogP contribution in [-0.2, 0) is 6.42 Å². The average Bonchev–Trinajstić information content (AvgIpc) is 2.94. The van der Waals surface area contributed by atoms with Gasteiger partial charge in [-0.25, -0.2) is 9.97 Å². The molecular weight excluding hydrogens is 256 g/mol. The molecule has 3 aromatic rings. The van der Waals surface area contributed by atoms with Crippen LogP contribution in [0, 0.1) is 0 Å². The monoisotopic (exact) mass is 278 g/mol. The summed E-state index contributed by atoms with van der Waals surface area (Å²) in [5.74, 6) is 0. The van der Waals surface area contributed by atoms with Gasteiger partial charge in [0.05, 0.1) is 22.4 Å². The number of aromatic nitrogens is 2. The predicted molar refractivity (Wildman–Crippen MR) is 90.5 cm³/mol. The first-order valence-electron chi connectivity index (χ1n) is 7.76. The van der Waals surface area contributed by atoms with Crippen LogP contribution in [0.25, 0.3) is 22.3 Å². The second kappa shape index (κ2) is 6.98. The van der Waals surface area contributed by atoms with Crippen LogP contribution in [0.4, 0.5) is 0 Å². The van der Waals surface area contributed by atoms with Crippen molar-refractivity contribution < 1.29 is 0 Å². The van der Waals surface area contributed by atoms with E-state index in [1.165, 1.54) is 11.1 Å². The fourth-order valence-electron chi connectivity index (χ4n) is 2.46. The Labute approximate surface area is 126 Å². The Balaban J connectivity index is 0.000000374. The third kappa shape index (κ3) is 2.80. The second-order valence-electron chi connectivity index (χ2n) is 4.34. The summed E-state index contributed by atoms with van der Waals surface area (Å²) in [7, 11) is 0. The summed E-state index contributed by atoms with van der Waals surface area (Å²) < 4.78 is 0. The van der Waals surface area contributed by atoms with Gasteiger partial charge in [-0.1, -0.05) is 64.1 Å². The molecular formula is C19H22N2. The minimum atomic E-state index is 0.906. The zero-order valence-electron chi connectivity index (χ0n) is 13.2. The molecule has 0 aliphatic heterocycles. The first-order chi connectivity index (χ1) is 10.4. The molecule has 2 aromatic carbocycles. The Hall–Kier alpha value is -2.22. The Morgan fingerprint density at radius 1 is 0.714 bits per heavy atom. The van der Waals surface area contributed by atoms with E-state index in [1.54, 1.807) is 0 Å². The van der Waals surface area contributed by atoms with E-state index in [1.807, 2.05) is 52.0 Å². The van der Waals surface area contributed by atoms with Gasteiger partial charge in [-0.3, -0.25) is 0 Å². The van der Waals surface area contributed by atoms with Gasteiger partial charge in [0.25, 0.3) is 0 Å². The number of benzene rings is 2. The van der Waals surface area contributed by atoms with Crippen molar-refractivity contribution in [1.82, 2.24) is 9.97 Å². The molecule has 0 spiro atoms. The maximum atomic E-state index is 4.73. The molecule has 108 valence electrons. The van der Waals surface area contributed by atoms with Gasteiger partial charge in [0.2, 0.25) is 0 Å². The Morgan fingerprint density at radius 3 is 2.00 bits per heavy atom. The summed E-state index contributed by atoms with van der Waals surface area (Å²) in [6.07, 6.45) is 0.906. The molecule has 0 N–H and O–H groups in total. The van der Waals surface area contributed by atoms with Crippen LogP contribution < -0.4 is 0 Å². The van der Waals surface area contributed by atoms with Crippen LogP contribution in [-0.4, -0.2) is 9.97 Å². The molecule has 1 aliphatic carbocycles. The van der Waals surface area contributed by atoms with Crippen molar-refractivity contribution in [2.24, 2.45) is 0 Å². The molecule has 0 saturated heterocycles. The van der Waals surface area contributed by atoms with E-state index in [9.17, 15) is 0 Å². The zero-order chi connectivity index (χ0) is 15.2. The van der Waals surface area contributed by atoms with Crippen molar-refractivity contribution in [3.05, 3.63) is 59.8 Å². The number of para-hydroxylation sites is 2. The maximum absolute atomic E-state index is 4.73. The lowest BCUT2D eigenvalue weighted by Crippen LogP contribution is -1.91. The van der Waals surface area contributed by atoms with Gasteiger partial charge in [0.1, 0.15) is 0 Å². The van der Waals surface area contributed by atoms with E-state index in [4.69, 9.17) is 9.97 Å². The van der Waals surface area contributed by atoms with Gasteiger partial charge in [-0.05, 0) is 17.7 Å². The van der Waals surface area contributed by atoms with Crippen LogP contribution in [0.2, 0.25) is 0 Å². The summed E-state index contributed by atoms with van der Waals surface area (Å²) in [6, 6.07) is 16.5. The van der Waals surface area contributed by atoms with Crippen molar-refractivity contribution >= 4 is 11.0 Å². The first kappa shape index (κ1) is 15.2. The van der Waals surface area contributed by atoms with Crippen LogP contribution in [0.3, 0.4) is 0 Å². The largest absolute Gasteiger partial charge is 0.249 e. The summed E-state index contributed by atoms with van der Waals surface area (Å²) >= 11 is 0. The van der Waals surface area contributed by atoms with Gasteiger partial charge >= 0.3 is 0 Å². The molecule has 21 heavy (non-hydrogen) atoms. The van der Waals surface area contributed by atoms with E-state index >= 15 is 0 Å². The molecule has 0 amide bonds. The lowest BCUT2D eigenvalue weighted by atomic mass is 10.1. The van der Waals surface area contributed by atoms with Gasteiger partial charge < -0.3 is 0 Å². The predicted octanol–water partition coefficient (Wildman–Crippen LogP) is 5.25. The number of nitrogens with zero attached hydrogens (tertiary/aromatic N) is 2. The van der Waals surface area contributed by atoms with Crippen LogP contribution in [0.5, 0.6) is 0 Å². The SMILES string of the molecule is CC.CC.c1ccc2c(c1)Cc1nc3ccccc3nc1-2. The van der Waals surface area contributed by atoms with E-state index in [0.29, 0.717) is 0 Å². The fraction of sp³-hybridized carbons (Fsp3) is 0.263. The van der Waals surface area contributed by atoms with Crippen molar-refractivity contribution in [2.45, 2.75) is 34.1 Å². The molecule has 0 radical (unpaired) electrons.